The van der Waals surface area contributed by atoms with Gasteiger partial charge in [0.2, 0.25) is 11.8 Å². The fraction of sp³-hybridized carbons (Fsp3) is 0.471. The third-order valence-corrected chi connectivity index (χ3v) is 6.44. The second-order valence-corrected chi connectivity index (χ2v) is 8.16. The van der Waals surface area contributed by atoms with E-state index in [9.17, 15) is 9.59 Å². The number of nitrogens with zero attached hydrogens (tertiary/aromatic N) is 3. The first-order valence-corrected chi connectivity index (χ1v) is 9.11. The molecule has 2 saturated heterocycles. The Morgan fingerprint density at radius 1 is 1.50 bits per heavy atom. The number of nitrogens with one attached hydrogen (secondary N) is 1. The van der Waals surface area contributed by atoms with Gasteiger partial charge in [0.15, 0.2) is 0 Å². The van der Waals surface area contributed by atoms with E-state index in [0.29, 0.717) is 18.7 Å². The van der Waals surface area contributed by atoms with Crippen LogP contribution in [-0.2, 0) is 16.1 Å². The predicted molar refractivity (Wildman–Crippen MR) is 93.3 cm³/mol. The average Bonchev–Trinajstić information content (AvgIpc) is 3.20. The maximum absolute atomic E-state index is 12.9. The summed E-state index contributed by atoms with van der Waals surface area (Å²) in [7, 11) is 1.77. The van der Waals surface area contributed by atoms with Crippen molar-refractivity contribution < 1.29 is 9.59 Å². The number of imidazole rings is 1. The Bertz CT molecular complexity index is 787. The Labute approximate surface area is 144 Å². The smallest absolute Gasteiger partial charge is 0.246 e. The van der Waals surface area contributed by atoms with Gasteiger partial charge in [0.25, 0.3) is 0 Å². The van der Waals surface area contributed by atoms with Gasteiger partial charge in [-0.05, 0) is 25.5 Å². The third kappa shape index (κ3) is 2.38. The number of carbonyl (C=O) groups is 2. The molecule has 1 N–H and O–H groups in total. The molecule has 2 atom stereocenters. The monoisotopic (exact) mass is 344 g/mol. The van der Waals surface area contributed by atoms with Crippen molar-refractivity contribution in [2.75, 3.05) is 12.8 Å². The van der Waals surface area contributed by atoms with E-state index in [1.165, 1.54) is 0 Å². The first-order valence-electron chi connectivity index (χ1n) is 8.13. The highest BCUT2D eigenvalue weighted by Gasteiger charge is 2.53. The van der Waals surface area contributed by atoms with Gasteiger partial charge in [0.1, 0.15) is 11.9 Å². The number of H-pyrrole nitrogens is 1. The van der Waals surface area contributed by atoms with Crippen LogP contribution in [-0.4, -0.2) is 55.3 Å². The molecule has 126 valence electrons. The third-order valence-electron chi connectivity index (χ3n) is 4.93. The molecule has 0 radical (unpaired) electrons. The number of aromatic nitrogens is 2. The van der Waals surface area contributed by atoms with Gasteiger partial charge in [-0.3, -0.25) is 9.59 Å². The Kier molecular flexibility index (Phi) is 3.56. The molecule has 4 rings (SSSR count). The van der Waals surface area contributed by atoms with Crippen LogP contribution in [0, 0.1) is 0 Å². The Morgan fingerprint density at radius 2 is 2.29 bits per heavy atom. The van der Waals surface area contributed by atoms with Crippen molar-refractivity contribution in [2.24, 2.45) is 0 Å². The number of carbonyl (C=O) groups excluding carboxylic acids is 2. The molecule has 24 heavy (non-hydrogen) atoms. The molecule has 6 nitrogen and oxygen atoms in total. The minimum absolute atomic E-state index is 0.0121. The molecule has 0 bridgehead atoms. The normalized spacial score (nSPS) is 26.2. The van der Waals surface area contributed by atoms with E-state index in [1.807, 2.05) is 24.3 Å². The summed E-state index contributed by atoms with van der Waals surface area (Å²) in [4.78, 5) is 36.1. The molecule has 0 aliphatic carbocycles. The zero-order valence-corrected chi connectivity index (χ0v) is 14.6. The van der Waals surface area contributed by atoms with Gasteiger partial charge >= 0.3 is 0 Å². The summed E-state index contributed by atoms with van der Waals surface area (Å²) >= 11 is 1.72. The Balaban J connectivity index is 1.51. The van der Waals surface area contributed by atoms with Crippen LogP contribution in [0.4, 0.5) is 0 Å². The standard InChI is InChI=1S/C17H20N4O2S/c1-17-8-7-15(22)21(17)13(10-24-17)16(23)20(2)9-14-18-11-5-3-4-6-12(11)19-14/h3-6,13H,7-10H2,1-2H3,(H,18,19)/t13-,17-/m0/s1. The van der Waals surface area contributed by atoms with Gasteiger partial charge in [-0.25, -0.2) is 4.98 Å². The molecule has 3 heterocycles. The topological polar surface area (TPSA) is 69.3 Å². The lowest BCUT2D eigenvalue weighted by Gasteiger charge is -2.31. The van der Waals surface area contributed by atoms with Crippen LogP contribution in [0.5, 0.6) is 0 Å². The average molecular weight is 344 g/mol. The molecule has 1 aromatic carbocycles. The zero-order chi connectivity index (χ0) is 16.9. The fourth-order valence-electron chi connectivity index (χ4n) is 3.64. The second-order valence-electron chi connectivity index (χ2n) is 6.66. The predicted octanol–water partition coefficient (Wildman–Crippen LogP) is 1.98. The van der Waals surface area contributed by atoms with Crippen molar-refractivity contribution in [3.63, 3.8) is 0 Å². The lowest BCUT2D eigenvalue weighted by molar-refractivity contribution is -0.143. The number of fused-ring (bicyclic) bond motifs is 2. The van der Waals surface area contributed by atoms with E-state index in [4.69, 9.17) is 0 Å². The number of thioether (sulfide) groups is 1. The van der Waals surface area contributed by atoms with E-state index < -0.39 is 0 Å². The lowest BCUT2D eigenvalue weighted by atomic mass is 10.2. The van der Waals surface area contributed by atoms with E-state index in [1.54, 1.807) is 28.6 Å². The van der Waals surface area contributed by atoms with Crippen molar-refractivity contribution in [3.8, 4) is 0 Å². The molecule has 0 unspecified atom stereocenters. The maximum Gasteiger partial charge on any atom is 0.246 e. The molecule has 0 spiro atoms. The largest absolute Gasteiger partial charge is 0.340 e. The van der Waals surface area contributed by atoms with E-state index in [0.717, 1.165) is 23.3 Å². The van der Waals surface area contributed by atoms with Gasteiger partial charge in [0.05, 0.1) is 22.4 Å². The maximum atomic E-state index is 12.9. The summed E-state index contributed by atoms with van der Waals surface area (Å²) in [6.07, 6.45) is 1.37. The summed E-state index contributed by atoms with van der Waals surface area (Å²) in [6.45, 7) is 2.47. The molecule has 2 fully saturated rings. The minimum Gasteiger partial charge on any atom is -0.340 e. The van der Waals surface area contributed by atoms with Crippen LogP contribution in [0.15, 0.2) is 24.3 Å². The van der Waals surface area contributed by atoms with Gasteiger partial charge in [-0.15, -0.1) is 11.8 Å². The van der Waals surface area contributed by atoms with Crippen molar-refractivity contribution >= 4 is 34.6 Å². The quantitative estimate of drug-likeness (QED) is 0.924. The number of benzene rings is 1. The molecule has 2 aliphatic rings. The zero-order valence-electron chi connectivity index (χ0n) is 13.8. The van der Waals surface area contributed by atoms with Crippen molar-refractivity contribution in [1.29, 1.82) is 0 Å². The number of likely N-dealkylation sites (N-methyl/N-ethyl adjacent to an activating group) is 1. The molecule has 2 amide bonds. The van der Waals surface area contributed by atoms with Gasteiger partial charge < -0.3 is 14.8 Å². The van der Waals surface area contributed by atoms with Crippen LogP contribution < -0.4 is 0 Å². The van der Waals surface area contributed by atoms with E-state index in [-0.39, 0.29) is 22.7 Å². The van der Waals surface area contributed by atoms with Crippen molar-refractivity contribution in [3.05, 3.63) is 30.1 Å². The minimum atomic E-state index is -0.357. The highest BCUT2D eigenvalue weighted by atomic mass is 32.2. The number of rotatable bonds is 3. The summed E-state index contributed by atoms with van der Waals surface area (Å²) in [5.74, 6) is 1.51. The number of para-hydroxylation sites is 2. The molecule has 2 aromatic rings. The van der Waals surface area contributed by atoms with Crippen molar-refractivity contribution in [2.45, 2.75) is 37.2 Å². The van der Waals surface area contributed by atoms with Crippen LogP contribution in [0.3, 0.4) is 0 Å². The van der Waals surface area contributed by atoms with E-state index in [2.05, 4.69) is 16.9 Å². The molecule has 1 aromatic heterocycles. The fourth-order valence-corrected chi connectivity index (χ4v) is 5.06. The highest BCUT2D eigenvalue weighted by Crippen LogP contribution is 2.47. The summed E-state index contributed by atoms with van der Waals surface area (Å²) in [5, 5.41) is 0. The summed E-state index contributed by atoms with van der Waals surface area (Å²) < 4.78 is 0. The number of hydrogen-bond donors (Lipinski definition) is 1. The molecular formula is C17H20N4O2S. The van der Waals surface area contributed by atoms with Crippen LogP contribution in [0.1, 0.15) is 25.6 Å². The molecule has 7 heteroatoms. The molecule has 0 saturated carbocycles. The van der Waals surface area contributed by atoms with Gasteiger partial charge in [-0.1, -0.05) is 12.1 Å². The van der Waals surface area contributed by atoms with Crippen molar-refractivity contribution in [1.82, 2.24) is 19.8 Å². The summed E-state index contributed by atoms with van der Waals surface area (Å²) in [5.41, 5.74) is 1.86. The number of amides is 2. The van der Waals surface area contributed by atoms with Crippen LogP contribution >= 0.6 is 11.8 Å². The molecular weight excluding hydrogens is 324 g/mol. The van der Waals surface area contributed by atoms with E-state index >= 15 is 0 Å². The Morgan fingerprint density at radius 3 is 3.08 bits per heavy atom. The first-order chi connectivity index (χ1) is 11.5. The van der Waals surface area contributed by atoms with Gasteiger partial charge in [-0.2, -0.15) is 0 Å². The lowest BCUT2D eigenvalue weighted by Crippen LogP contribution is -2.50. The first kappa shape index (κ1) is 15.5. The Hall–Kier alpha value is -2.02. The summed E-state index contributed by atoms with van der Waals surface area (Å²) in [6, 6.07) is 7.45. The van der Waals surface area contributed by atoms with Crippen LogP contribution in [0.2, 0.25) is 0 Å². The number of aromatic amines is 1. The SMILES string of the molecule is CN(Cc1nc2ccccc2[nH]1)C(=O)[C@@H]1CS[C@@]2(C)CCC(=O)N12. The number of hydrogen-bond acceptors (Lipinski definition) is 4. The second kappa shape index (κ2) is 5.51. The highest BCUT2D eigenvalue weighted by molar-refractivity contribution is 8.01. The molecule has 2 aliphatic heterocycles. The van der Waals surface area contributed by atoms with Gasteiger partial charge in [0, 0.05) is 19.2 Å². The van der Waals surface area contributed by atoms with Crippen LogP contribution in [0.25, 0.3) is 11.0 Å².